The third-order valence-electron chi connectivity index (χ3n) is 2.58. The van der Waals surface area contributed by atoms with Gasteiger partial charge in [0, 0.05) is 6.07 Å². The molecule has 0 aromatic heterocycles. The molecule has 1 amide bonds. The van der Waals surface area contributed by atoms with Crippen LogP contribution in [0, 0.1) is 0 Å². The van der Waals surface area contributed by atoms with Gasteiger partial charge in [0.2, 0.25) is 0 Å². The van der Waals surface area contributed by atoms with E-state index in [0.29, 0.717) is 21.4 Å². The second-order valence-electron chi connectivity index (χ2n) is 4.01. The van der Waals surface area contributed by atoms with Crippen molar-refractivity contribution in [3.63, 3.8) is 0 Å². The van der Waals surface area contributed by atoms with Gasteiger partial charge in [-0.1, -0.05) is 29.3 Å². The van der Waals surface area contributed by atoms with Crippen molar-refractivity contribution in [2.24, 2.45) is 5.73 Å². The van der Waals surface area contributed by atoms with Crippen molar-refractivity contribution in [2.45, 2.75) is 6.67 Å². The van der Waals surface area contributed by atoms with E-state index in [9.17, 15) is 9.18 Å². The predicted octanol–water partition coefficient (Wildman–Crippen LogP) is 4.35. The molecule has 6 heteroatoms. The van der Waals surface area contributed by atoms with Gasteiger partial charge < -0.3 is 10.5 Å². The summed E-state index contributed by atoms with van der Waals surface area (Å²) in [7, 11) is 0. The normalized spacial score (nSPS) is 10.3. The van der Waals surface area contributed by atoms with Crippen molar-refractivity contribution in [1.29, 1.82) is 0 Å². The summed E-state index contributed by atoms with van der Waals surface area (Å²) >= 11 is 11.7. The summed E-state index contributed by atoms with van der Waals surface area (Å²) in [6.45, 7) is -0.687. The Balaban J connectivity index is 2.37. The summed E-state index contributed by atoms with van der Waals surface area (Å²) in [6, 6.07) is 9.03. The van der Waals surface area contributed by atoms with Crippen molar-refractivity contribution in [3.05, 3.63) is 57.6 Å². The van der Waals surface area contributed by atoms with Crippen molar-refractivity contribution in [3.8, 4) is 11.5 Å². The van der Waals surface area contributed by atoms with Crippen LogP contribution in [0.15, 0.2) is 36.4 Å². The van der Waals surface area contributed by atoms with Crippen LogP contribution in [0.3, 0.4) is 0 Å². The number of hydrogen-bond acceptors (Lipinski definition) is 2. The molecule has 0 atom stereocenters. The van der Waals surface area contributed by atoms with Crippen LogP contribution in [0.25, 0.3) is 0 Å². The van der Waals surface area contributed by atoms with E-state index in [2.05, 4.69) is 0 Å². The Morgan fingerprint density at radius 3 is 2.50 bits per heavy atom. The monoisotopic (exact) mass is 313 g/mol. The van der Waals surface area contributed by atoms with E-state index in [4.69, 9.17) is 33.7 Å². The largest absolute Gasteiger partial charge is 0.456 e. The van der Waals surface area contributed by atoms with Gasteiger partial charge in [-0.2, -0.15) is 0 Å². The number of carbonyl (C=O) groups excluding carboxylic acids is 1. The summed E-state index contributed by atoms with van der Waals surface area (Å²) in [6.07, 6.45) is 0. The summed E-state index contributed by atoms with van der Waals surface area (Å²) in [4.78, 5) is 11.4. The molecule has 0 aliphatic heterocycles. The van der Waals surface area contributed by atoms with Crippen LogP contribution in [0.2, 0.25) is 10.0 Å². The Morgan fingerprint density at radius 2 is 1.90 bits per heavy atom. The van der Waals surface area contributed by atoms with Gasteiger partial charge in [0.25, 0.3) is 5.91 Å². The molecule has 0 unspecified atom stereocenters. The quantitative estimate of drug-likeness (QED) is 0.912. The SMILES string of the molecule is NC(=O)c1cc(CF)ccc1Oc1ccc(Cl)c(Cl)c1. The van der Waals surface area contributed by atoms with E-state index < -0.39 is 12.6 Å². The fourth-order valence-electron chi connectivity index (χ4n) is 1.61. The van der Waals surface area contributed by atoms with E-state index in [1.807, 2.05) is 0 Å². The Labute approximate surface area is 125 Å². The van der Waals surface area contributed by atoms with Crippen LogP contribution >= 0.6 is 23.2 Å². The molecule has 0 heterocycles. The first-order chi connectivity index (χ1) is 9.51. The first kappa shape index (κ1) is 14.6. The molecule has 0 saturated heterocycles. The summed E-state index contributed by atoms with van der Waals surface area (Å²) < 4.78 is 18.1. The number of hydrogen-bond donors (Lipinski definition) is 1. The molecule has 0 radical (unpaired) electrons. The number of rotatable bonds is 4. The molecule has 3 nitrogen and oxygen atoms in total. The number of carbonyl (C=O) groups is 1. The molecule has 2 rings (SSSR count). The maximum atomic E-state index is 12.6. The first-order valence-electron chi connectivity index (χ1n) is 5.63. The standard InChI is InChI=1S/C14H10Cl2FNO2/c15-11-3-2-9(6-12(11)16)20-13-4-1-8(7-17)5-10(13)14(18)19/h1-6H,7H2,(H2,18,19). The number of amides is 1. The third kappa shape index (κ3) is 3.21. The molecule has 0 fully saturated rings. The van der Waals surface area contributed by atoms with E-state index >= 15 is 0 Å². The van der Waals surface area contributed by atoms with Gasteiger partial charge in [-0.05, 0) is 29.8 Å². The number of alkyl halides is 1. The predicted molar refractivity (Wildman–Crippen MR) is 76.3 cm³/mol. The lowest BCUT2D eigenvalue weighted by molar-refractivity contribution is 0.0998. The zero-order valence-electron chi connectivity index (χ0n) is 10.2. The molecular formula is C14H10Cl2FNO2. The molecule has 0 aliphatic carbocycles. The van der Waals surface area contributed by atoms with Crippen LogP contribution in [0.5, 0.6) is 11.5 Å². The molecular weight excluding hydrogens is 304 g/mol. The molecule has 2 aromatic rings. The first-order valence-corrected chi connectivity index (χ1v) is 6.38. The van der Waals surface area contributed by atoms with Crippen molar-refractivity contribution < 1.29 is 13.9 Å². The van der Waals surface area contributed by atoms with Gasteiger partial charge in [-0.15, -0.1) is 0 Å². The van der Waals surface area contributed by atoms with Gasteiger partial charge in [0.15, 0.2) is 0 Å². The van der Waals surface area contributed by atoms with Gasteiger partial charge in [0.05, 0.1) is 15.6 Å². The average Bonchev–Trinajstić information content (AvgIpc) is 2.43. The zero-order chi connectivity index (χ0) is 14.7. The van der Waals surface area contributed by atoms with Crippen LogP contribution < -0.4 is 10.5 Å². The molecule has 0 bridgehead atoms. The summed E-state index contributed by atoms with van der Waals surface area (Å²) in [5, 5.41) is 0.715. The maximum Gasteiger partial charge on any atom is 0.252 e. The minimum atomic E-state index is -0.699. The van der Waals surface area contributed by atoms with Crippen LogP contribution in [0.1, 0.15) is 15.9 Å². The highest BCUT2D eigenvalue weighted by Crippen LogP contribution is 2.31. The van der Waals surface area contributed by atoms with Crippen molar-refractivity contribution in [1.82, 2.24) is 0 Å². The highest BCUT2D eigenvalue weighted by atomic mass is 35.5. The highest BCUT2D eigenvalue weighted by molar-refractivity contribution is 6.42. The number of nitrogens with two attached hydrogens (primary N) is 1. The molecule has 2 N–H and O–H groups in total. The number of ether oxygens (including phenoxy) is 1. The van der Waals surface area contributed by atoms with Crippen LogP contribution in [0.4, 0.5) is 4.39 Å². The molecule has 2 aromatic carbocycles. The van der Waals surface area contributed by atoms with E-state index in [1.54, 1.807) is 12.1 Å². The number of halogens is 3. The Bertz CT molecular complexity index is 662. The number of primary amides is 1. The Hall–Kier alpha value is -1.78. The zero-order valence-corrected chi connectivity index (χ0v) is 11.7. The summed E-state index contributed by atoms with van der Waals surface area (Å²) in [5.74, 6) is -0.0710. The van der Waals surface area contributed by atoms with Gasteiger partial charge in [-0.3, -0.25) is 4.79 Å². The number of benzene rings is 2. The minimum Gasteiger partial charge on any atom is -0.456 e. The Morgan fingerprint density at radius 1 is 1.15 bits per heavy atom. The molecule has 20 heavy (non-hydrogen) atoms. The minimum absolute atomic E-state index is 0.103. The third-order valence-corrected chi connectivity index (χ3v) is 3.32. The van der Waals surface area contributed by atoms with Crippen LogP contribution in [-0.2, 0) is 6.67 Å². The van der Waals surface area contributed by atoms with Crippen LogP contribution in [-0.4, -0.2) is 5.91 Å². The lowest BCUT2D eigenvalue weighted by atomic mass is 10.1. The van der Waals surface area contributed by atoms with E-state index in [-0.39, 0.29) is 11.3 Å². The van der Waals surface area contributed by atoms with Gasteiger partial charge in [-0.25, -0.2) is 4.39 Å². The fourth-order valence-corrected chi connectivity index (χ4v) is 1.90. The molecule has 0 spiro atoms. The Kier molecular flexibility index (Phi) is 4.47. The lowest BCUT2D eigenvalue weighted by Gasteiger charge is -2.10. The van der Waals surface area contributed by atoms with Gasteiger partial charge >= 0.3 is 0 Å². The smallest absolute Gasteiger partial charge is 0.252 e. The van der Waals surface area contributed by atoms with Gasteiger partial charge in [0.1, 0.15) is 18.2 Å². The van der Waals surface area contributed by atoms with Crippen molar-refractivity contribution in [2.75, 3.05) is 0 Å². The summed E-state index contributed by atoms with van der Waals surface area (Å²) in [5.41, 5.74) is 5.71. The lowest BCUT2D eigenvalue weighted by Crippen LogP contribution is -2.12. The average molecular weight is 314 g/mol. The van der Waals surface area contributed by atoms with Crippen molar-refractivity contribution >= 4 is 29.1 Å². The second kappa shape index (κ2) is 6.11. The molecule has 0 saturated carbocycles. The maximum absolute atomic E-state index is 12.6. The topological polar surface area (TPSA) is 52.3 Å². The van der Waals surface area contributed by atoms with E-state index in [0.717, 1.165) is 0 Å². The highest BCUT2D eigenvalue weighted by Gasteiger charge is 2.12. The molecule has 0 aliphatic rings. The van der Waals surface area contributed by atoms with E-state index in [1.165, 1.54) is 24.3 Å². The fraction of sp³-hybridized carbons (Fsp3) is 0.0714. The molecule has 104 valence electrons. The second-order valence-corrected chi connectivity index (χ2v) is 4.82.